The van der Waals surface area contributed by atoms with Crippen LogP contribution in [0.3, 0.4) is 0 Å². The first-order valence-electron chi connectivity index (χ1n) is 8.59. The molecule has 2 N–H and O–H groups in total. The summed E-state index contributed by atoms with van der Waals surface area (Å²) < 4.78 is 5.52. The zero-order valence-electron chi connectivity index (χ0n) is 13.6. The van der Waals surface area contributed by atoms with E-state index in [-0.39, 0.29) is 12.5 Å². The van der Waals surface area contributed by atoms with Crippen molar-refractivity contribution in [2.45, 2.75) is 84.2 Å². The number of aliphatic hydroxyl groups is 2. The second-order valence-corrected chi connectivity index (χ2v) is 5.98. The van der Waals surface area contributed by atoms with Crippen LogP contribution in [-0.4, -0.2) is 36.1 Å². The Balaban J connectivity index is 3.10. The molecule has 122 valence electrons. The fourth-order valence-electron chi connectivity index (χ4n) is 2.25. The standard InChI is InChI=1S/C17H36O3/c1-3-4-5-6-7-8-9-10-11-12-13-20-15-16(2)17(19)14-18/h16-19H,3-15H2,1-2H3. The number of unbranched alkanes of at least 4 members (excludes halogenated alkanes) is 9. The molecule has 0 rings (SSSR count). The Kier molecular flexibility index (Phi) is 15.2. The normalized spacial score (nSPS) is 14.4. The van der Waals surface area contributed by atoms with E-state index in [0.717, 1.165) is 13.0 Å². The fourth-order valence-corrected chi connectivity index (χ4v) is 2.25. The van der Waals surface area contributed by atoms with Gasteiger partial charge in [-0.2, -0.15) is 0 Å². The van der Waals surface area contributed by atoms with Crippen molar-refractivity contribution >= 4 is 0 Å². The Labute approximate surface area is 125 Å². The molecule has 0 saturated heterocycles. The Morgan fingerprint density at radius 1 is 0.850 bits per heavy atom. The van der Waals surface area contributed by atoms with Gasteiger partial charge < -0.3 is 14.9 Å². The summed E-state index contributed by atoms with van der Waals surface area (Å²) in [5.74, 6) is 0.0168. The third kappa shape index (κ3) is 12.9. The molecule has 0 heterocycles. The molecular formula is C17H36O3. The van der Waals surface area contributed by atoms with Crippen molar-refractivity contribution in [3.05, 3.63) is 0 Å². The highest BCUT2D eigenvalue weighted by atomic mass is 16.5. The minimum absolute atomic E-state index is 0.0168. The largest absolute Gasteiger partial charge is 0.394 e. The van der Waals surface area contributed by atoms with Crippen molar-refractivity contribution in [3.8, 4) is 0 Å². The van der Waals surface area contributed by atoms with Crippen LogP contribution in [0.2, 0.25) is 0 Å². The van der Waals surface area contributed by atoms with Gasteiger partial charge in [-0.1, -0.05) is 71.6 Å². The zero-order valence-corrected chi connectivity index (χ0v) is 13.6. The van der Waals surface area contributed by atoms with Crippen molar-refractivity contribution in [1.82, 2.24) is 0 Å². The number of hydrogen-bond acceptors (Lipinski definition) is 3. The summed E-state index contributed by atoms with van der Waals surface area (Å²) in [6.45, 7) is 5.30. The van der Waals surface area contributed by atoms with Crippen LogP contribution in [-0.2, 0) is 4.74 Å². The van der Waals surface area contributed by atoms with Gasteiger partial charge in [0.15, 0.2) is 0 Å². The van der Waals surface area contributed by atoms with Crippen LogP contribution < -0.4 is 0 Å². The van der Waals surface area contributed by atoms with E-state index in [1.165, 1.54) is 57.8 Å². The van der Waals surface area contributed by atoms with Crippen molar-refractivity contribution in [3.63, 3.8) is 0 Å². The molecule has 0 radical (unpaired) electrons. The van der Waals surface area contributed by atoms with Crippen molar-refractivity contribution in [2.24, 2.45) is 5.92 Å². The monoisotopic (exact) mass is 288 g/mol. The predicted octanol–water partition coefficient (Wildman–Crippen LogP) is 3.91. The maximum Gasteiger partial charge on any atom is 0.0818 e. The minimum atomic E-state index is -0.650. The third-order valence-corrected chi connectivity index (χ3v) is 3.87. The van der Waals surface area contributed by atoms with E-state index in [9.17, 15) is 5.11 Å². The maximum absolute atomic E-state index is 9.37. The van der Waals surface area contributed by atoms with Gasteiger partial charge >= 0.3 is 0 Å². The number of hydrogen-bond donors (Lipinski definition) is 2. The maximum atomic E-state index is 9.37. The Morgan fingerprint density at radius 3 is 1.85 bits per heavy atom. The molecule has 0 aromatic rings. The van der Waals surface area contributed by atoms with Crippen LogP contribution in [0.4, 0.5) is 0 Å². The lowest BCUT2D eigenvalue weighted by molar-refractivity contribution is 0.00564. The zero-order chi connectivity index (χ0) is 15.1. The second-order valence-electron chi connectivity index (χ2n) is 5.98. The van der Waals surface area contributed by atoms with E-state index in [2.05, 4.69) is 6.92 Å². The molecule has 20 heavy (non-hydrogen) atoms. The first kappa shape index (κ1) is 19.9. The molecule has 0 fully saturated rings. The Morgan fingerprint density at radius 2 is 1.35 bits per heavy atom. The van der Waals surface area contributed by atoms with Crippen LogP contribution in [0, 0.1) is 5.92 Å². The molecule has 3 heteroatoms. The summed E-state index contributed by atoms with van der Waals surface area (Å²) in [6.07, 6.45) is 12.7. The van der Waals surface area contributed by atoms with Crippen LogP contribution in [0.25, 0.3) is 0 Å². The van der Waals surface area contributed by atoms with Gasteiger partial charge in [-0.15, -0.1) is 0 Å². The van der Waals surface area contributed by atoms with Gasteiger partial charge in [0.05, 0.1) is 19.3 Å². The Bertz CT molecular complexity index is 185. The molecular weight excluding hydrogens is 252 g/mol. The average molecular weight is 288 g/mol. The molecule has 0 aliphatic carbocycles. The molecule has 3 nitrogen and oxygen atoms in total. The highest BCUT2D eigenvalue weighted by molar-refractivity contribution is 4.61. The van der Waals surface area contributed by atoms with Gasteiger partial charge in [-0.3, -0.25) is 0 Å². The summed E-state index contributed by atoms with van der Waals surface area (Å²) >= 11 is 0. The molecule has 0 amide bonds. The van der Waals surface area contributed by atoms with Gasteiger partial charge in [0.1, 0.15) is 0 Å². The second kappa shape index (κ2) is 15.3. The summed E-state index contributed by atoms with van der Waals surface area (Å²) in [4.78, 5) is 0. The third-order valence-electron chi connectivity index (χ3n) is 3.87. The van der Waals surface area contributed by atoms with E-state index in [0.29, 0.717) is 6.61 Å². The van der Waals surface area contributed by atoms with E-state index < -0.39 is 6.10 Å². The molecule has 0 bridgehead atoms. The lowest BCUT2D eigenvalue weighted by atomic mass is 10.1. The van der Waals surface area contributed by atoms with Crippen molar-refractivity contribution < 1.29 is 14.9 Å². The van der Waals surface area contributed by atoms with Crippen LogP contribution in [0.15, 0.2) is 0 Å². The molecule has 0 aliphatic rings. The first-order valence-corrected chi connectivity index (χ1v) is 8.59. The topological polar surface area (TPSA) is 49.7 Å². The number of ether oxygens (including phenoxy) is 1. The quantitative estimate of drug-likeness (QED) is 0.449. The van der Waals surface area contributed by atoms with Gasteiger partial charge in [-0.25, -0.2) is 0 Å². The van der Waals surface area contributed by atoms with Gasteiger partial charge in [-0.05, 0) is 6.42 Å². The van der Waals surface area contributed by atoms with E-state index >= 15 is 0 Å². The summed E-state index contributed by atoms with van der Waals surface area (Å²) in [6, 6.07) is 0. The highest BCUT2D eigenvalue weighted by Gasteiger charge is 2.12. The summed E-state index contributed by atoms with van der Waals surface area (Å²) in [7, 11) is 0. The first-order chi connectivity index (χ1) is 9.72. The molecule has 0 aromatic carbocycles. The fraction of sp³-hybridized carbons (Fsp3) is 1.00. The number of rotatable bonds is 15. The SMILES string of the molecule is CCCCCCCCCCCCOCC(C)C(O)CO. The smallest absolute Gasteiger partial charge is 0.0818 e. The minimum Gasteiger partial charge on any atom is -0.394 e. The lowest BCUT2D eigenvalue weighted by Crippen LogP contribution is -2.25. The summed E-state index contributed by atoms with van der Waals surface area (Å²) in [5, 5.41) is 18.2. The molecule has 0 aliphatic heterocycles. The van der Waals surface area contributed by atoms with Crippen LogP contribution in [0.5, 0.6) is 0 Å². The molecule has 0 aromatic heterocycles. The summed E-state index contributed by atoms with van der Waals surface area (Å²) in [5.41, 5.74) is 0. The van der Waals surface area contributed by atoms with E-state index in [4.69, 9.17) is 9.84 Å². The van der Waals surface area contributed by atoms with Gasteiger partial charge in [0, 0.05) is 12.5 Å². The van der Waals surface area contributed by atoms with E-state index in [1.54, 1.807) is 0 Å². The average Bonchev–Trinajstić information content (AvgIpc) is 2.47. The number of aliphatic hydroxyl groups excluding tert-OH is 2. The molecule has 0 spiro atoms. The molecule has 2 unspecified atom stereocenters. The Hall–Kier alpha value is -0.120. The van der Waals surface area contributed by atoms with Crippen LogP contribution in [0.1, 0.15) is 78.1 Å². The predicted molar refractivity (Wildman–Crippen MR) is 84.9 cm³/mol. The van der Waals surface area contributed by atoms with Crippen molar-refractivity contribution in [1.29, 1.82) is 0 Å². The van der Waals surface area contributed by atoms with Crippen molar-refractivity contribution in [2.75, 3.05) is 19.8 Å². The van der Waals surface area contributed by atoms with Gasteiger partial charge in [0.2, 0.25) is 0 Å². The van der Waals surface area contributed by atoms with Gasteiger partial charge in [0.25, 0.3) is 0 Å². The van der Waals surface area contributed by atoms with E-state index in [1.807, 2.05) is 6.92 Å². The highest BCUT2D eigenvalue weighted by Crippen LogP contribution is 2.10. The lowest BCUT2D eigenvalue weighted by Gasteiger charge is -2.16. The molecule has 2 atom stereocenters. The molecule has 0 saturated carbocycles. The van der Waals surface area contributed by atoms with Crippen LogP contribution >= 0.6 is 0 Å².